The number of hydrogen-bond acceptors (Lipinski definition) is 2. The Bertz CT molecular complexity index is 395. The van der Waals surface area contributed by atoms with Crippen LogP contribution < -0.4 is 5.73 Å². The molecule has 2 rings (SSSR count). The first-order valence-corrected chi connectivity index (χ1v) is 5.73. The van der Waals surface area contributed by atoms with Gasteiger partial charge < -0.3 is 10.6 Å². The molecule has 0 aliphatic carbocycles. The van der Waals surface area contributed by atoms with Gasteiger partial charge in [-0.05, 0) is 30.5 Å². The highest BCUT2D eigenvalue weighted by molar-refractivity contribution is 5.85. The van der Waals surface area contributed by atoms with Gasteiger partial charge in [-0.1, -0.05) is 24.3 Å². The lowest BCUT2D eigenvalue weighted by atomic mass is 10.1. The topological polar surface area (TPSA) is 46.3 Å². The number of aryl methyl sites for hydroxylation is 1. The van der Waals surface area contributed by atoms with Gasteiger partial charge in [-0.3, -0.25) is 4.79 Å². The number of carbonyl (C=O) groups is 1. The Balaban J connectivity index is 0.00000144. The second-order valence-electron chi connectivity index (χ2n) is 4.51. The van der Waals surface area contributed by atoms with E-state index < -0.39 is 0 Å². The maximum atomic E-state index is 11.7. The number of nitrogens with zero attached hydrogens (tertiary/aromatic N) is 1. The largest absolute Gasteiger partial charge is 0.338 e. The van der Waals surface area contributed by atoms with Gasteiger partial charge in [0.2, 0.25) is 5.91 Å². The Labute approximate surface area is 108 Å². The Morgan fingerprint density at radius 1 is 1.41 bits per heavy atom. The smallest absolute Gasteiger partial charge is 0.223 e. The zero-order valence-corrected chi connectivity index (χ0v) is 10.9. The van der Waals surface area contributed by atoms with E-state index in [-0.39, 0.29) is 18.3 Å². The van der Waals surface area contributed by atoms with Crippen LogP contribution >= 0.6 is 12.4 Å². The van der Waals surface area contributed by atoms with E-state index >= 15 is 0 Å². The molecule has 94 valence electrons. The second-order valence-corrected chi connectivity index (χ2v) is 4.51. The summed E-state index contributed by atoms with van der Waals surface area (Å²) in [6, 6.07) is 8.20. The molecule has 1 aromatic rings. The zero-order chi connectivity index (χ0) is 11.5. The van der Waals surface area contributed by atoms with Gasteiger partial charge in [0.25, 0.3) is 0 Å². The predicted molar refractivity (Wildman–Crippen MR) is 71.0 cm³/mol. The van der Waals surface area contributed by atoms with Crippen LogP contribution in [0.4, 0.5) is 0 Å². The Morgan fingerprint density at radius 3 is 2.71 bits per heavy atom. The number of carbonyl (C=O) groups excluding carboxylic acids is 1. The molecule has 0 spiro atoms. The maximum Gasteiger partial charge on any atom is 0.223 e. The molecule has 1 aliphatic rings. The molecule has 0 saturated carbocycles. The zero-order valence-electron chi connectivity index (χ0n) is 10.1. The molecule has 1 aliphatic heterocycles. The quantitative estimate of drug-likeness (QED) is 0.893. The summed E-state index contributed by atoms with van der Waals surface area (Å²) >= 11 is 0. The average Bonchev–Trinajstić information content (AvgIpc) is 2.63. The molecule has 1 fully saturated rings. The van der Waals surface area contributed by atoms with Crippen molar-refractivity contribution in [3.63, 3.8) is 0 Å². The summed E-state index contributed by atoms with van der Waals surface area (Å²) in [5, 5.41) is 0. The van der Waals surface area contributed by atoms with Crippen LogP contribution in [0.5, 0.6) is 0 Å². The number of likely N-dealkylation sites (tertiary alicyclic amines) is 1. The SMILES string of the molecule is Cc1ccccc1CN1CC(CN)CC1=O.Cl. The van der Waals surface area contributed by atoms with E-state index in [0.717, 1.165) is 13.1 Å². The lowest BCUT2D eigenvalue weighted by Gasteiger charge is -2.17. The molecular formula is C13H19ClN2O. The highest BCUT2D eigenvalue weighted by Crippen LogP contribution is 2.20. The van der Waals surface area contributed by atoms with Crippen molar-refractivity contribution >= 4 is 18.3 Å². The van der Waals surface area contributed by atoms with Crippen LogP contribution in [0.2, 0.25) is 0 Å². The molecule has 2 N–H and O–H groups in total. The third-order valence-electron chi connectivity index (χ3n) is 3.25. The van der Waals surface area contributed by atoms with Gasteiger partial charge in [-0.2, -0.15) is 0 Å². The minimum Gasteiger partial charge on any atom is -0.338 e. The van der Waals surface area contributed by atoms with Gasteiger partial charge in [0.05, 0.1) is 0 Å². The van der Waals surface area contributed by atoms with E-state index in [1.54, 1.807) is 0 Å². The van der Waals surface area contributed by atoms with Gasteiger partial charge in [0, 0.05) is 19.5 Å². The molecule has 3 nitrogen and oxygen atoms in total. The number of halogens is 1. The highest BCUT2D eigenvalue weighted by Gasteiger charge is 2.28. The minimum atomic E-state index is 0. The Kier molecular flexibility index (Phi) is 4.97. The summed E-state index contributed by atoms with van der Waals surface area (Å²) in [5.74, 6) is 0.579. The van der Waals surface area contributed by atoms with Crippen LogP contribution in [-0.4, -0.2) is 23.9 Å². The Morgan fingerprint density at radius 2 is 2.12 bits per heavy atom. The molecule has 17 heavy (non-hydrogen) atoms. The summed E-state index contributed by atoms with van der Waals surface area (Å²) in [6.45, 7) is 4.22. The van der Waals surface area contributed by atoms with Crippen LogP contribution in [0.3, 0.4) is 0 Å². The van der Waals surface area contributed by atoms with E-state index in [0.29, 0.717) is 18.9 Å². The maximum absolute atomic E-state index is 11.7. The van der Waals surface area contributed by atoms with Crippen LogP contribution in [0, 0.1) is 12.8 Å². The molecule has 1 saturated heterocycles. The van der Waals surface area contributed by atoms with Crippen molar-refractivity contribution in [3.05, 3.63) is 35.4 Å². The van der Waals surface area contributed by atoms with E-state index in [2.05, 4.69) is 19.1 Å². The molecule has 1 unspecified atom stereocenters. The number of hydrogen-bond donors (Lipinski definition) is 1. The van der Waals surface area contributed by atoms with Gasteiger partial charge in [0.15, 0.2) is 0 Å². The van der Waals surface area contributed by atoms with Gasteiger partial charge >= 0.3 is 0 Å². The predicted octanol–water partition coefficient (Wildman–Crippen LogP) is 1.72. The number of rotatable bonds is 3. The fourth-order valence-electron chi connectivity index (χ4n) is 2.16. The van der Waals surface area contributed by atoms with Crippen LogP contribution in [0.1, 0.15) is 17.5 Å². The van der Waals surface area contributed by atoms with E-state index in [1.807, 2.05) is 17.0 Å². The molecule has 0 radical (unpaired) electrons. The van der Waals surface area contributed by atoms with Crippen molar-refractivity contribution in [1.82, 2.24) is 4.90 Å². The van der Waals surface area contributed by atoms with Crippen molar-refractivity contribution in [2.75, 3.05) is 13.1 Å². The summed E-state index contributed by atoms with van der Waals surface area (Å²) in [5.41, 5.74) is 8.07. The van der Waals surface area contributed by atoms with Crippen molar-refractivity contribution in [3.8, 4) is 0 Å². The van der Waals surface area contributed by atoms with Crippen molar-refractivity contribution in [2.24, 2.45) is 11.7 Å². The molecular weight excluding hydrogens is 236 g/mol. The van der Waals surface area contributed by atoms with Crippen LogP contribution in [-0.2, 0) is 11.3 Å². The third kappa shape index (κ3) is 3.20. The van der Waals surface area contributed by atoms with E-state index in [1.165, 1.54) is 11.1 Å². The molecule has 1 atom stereocenters. The first kappa shape index (κ1) is 14.0. The fraction of sp³-hybridized carbons (Fsp3) is 0.462. The minimum absolute atomic E-state index is 0. The van der Waals surface area contributed by atoms with E-state index in [9.17, 15) is 4.79 Å². The van der Waals surface area contributed by atoms with Crippen molar-refractivity contribution in [1.29, 1.82) is 0 Å². The monoisotopic (exact) mass is 254 g/mol. The number of benzene rings is 1. The first-order valence-electron chi connectivity index (χ1n) is 5.73. The lowest BCUT2D eigenvalue weighted by Crippen LogP contribution is -2.26. The van der Waals surface area contributed by atoms with Gasteiger partial charge in [0.1, 0.15) is 0 Å². The number of nitrogens with two attached hydrogens (primary N) is 1. The lowest BCUT2D eigenvalue weighted by molar-refractivity contribution is -0.128. The van der Waals surface area contributed by atoms with E-state index in [4.69, 9.17) is 5.73 Å². The molecule has 0 bridgehead atoms. The summed E-state index contributed by atoms with van der Waals surface area (Å²) in [7, 11) is 0. The average molecular weight is 255 g/mol. The second kappa shape index (κ2) is 6.03. The molecule has 1 aromatic carbocycles. The van der Waals surface area contributed by atoms with Crippen molar-refractivity contribution in [2.45, 2.75) is 19.9 Å². The van der Waals surface area contributed by atoms with Gasteiger partial charge in [-0.25, -0.2) is 0 Å². The summed E-state index contributed by atoms with van der Waals surface area (Å²) in [6.07, 6.45) is 0.613. The standard InChI is InChI=1S/C13H18N2O.ClH/c1-10-4-2-3-5-12(10)9-15-8-11(7-14)6-13(15)16;/h2-5,11H,6-9,14H2,1H3;1H. The fourth-order valence-corrected chi connectivity index (χ4v) is 2.16. The highest BCUT2D eigenvalue weighted by atomic mass is 35.5. The van der Waals surface area contributed by atoms with Gasteiger partial charge in [-0.15, -0.1) is 12.4 Å². The Hall–Kier alpha value is -1.06. The number of amides is 1. The van der Waals surface area contributed by atoms with Crippen LogP contribution in [0.15, 0.2) is 24.3 Å². The van der Waals surface area contributed by atoms with Crippen LogP contribution in [0.25, 0.3) is 0 Å². The summed E-state index contributed by atoms with van der Waals surface area (Å²) < 4.78 is 0. The van der Waals surface area contributed by atoms with Crippen molar-refractivity contribution < 1.29 is 4.79 Å². The molecule has 0 aromatic heterocycles. The normalized spacial score (nSPS) is 19.3. The summed E-state index contributed by atoms with van der Waals surface area (Å²) in [4.78, 5) is 13.6. The molecule has 1 amide bonds. The third-order valence-corrected chi connectivity index (χ3v) is 3.25. The first-order chi connectivity index (χ1) is 7.70. The molecule has 1 heterocycles. The molecule has 4 heteroatoms.